The normalized spacial score (nSPS) is 43.3. The van der Waals surface area contributed by atoms with E-state index in [1.165, 1.54) is 27.1 Å². The highest BCUT2D eigenvalue weighted by Crippen LogP contribution is 2.86. The smallest absolute Gasteiger partial charge is 0.317 e. The molecule has 0 radical (unpaired) electrons. The average Bonchev–Trinajstić information content (AvgIpc) is 3.00. The monoisotopic (exact) mass is 317 g/mol. The number of rotatable bonds is 4. The Morgan fingerprint density at radius 2 is 1.83 bits per heavy atom. The largest absolute Gasteiger partial charge is 0.342 e. The van der Waals surface area contributed by atoms with Crippen molar-refractivity contribution >= 4 is 5.84 Å². The van der Waals surface area contributed by atoms with Crippen molar-refractivity contribution in [2.45, 2.75) is 51.4 Å². The summed E-state index contributed by atoms with van der Waals surface area (Å²) in [5, 5.41) is 20.1. The number of hydrogen-bond donors (Lipinski definition) is 2. The third kappa shape index (κ3) is 1.39. The lowest BCUT2D eigenvalue weighted by Crippen LogP contribution is -2.91. The minimum atomic E-state index is -1.35. The zero-order chi connectivity index (χ0) is 16.9. The summed E-state index contributed by atoms with van der Waals surface area (Å²) in [6, 6.07) is 4.78. The maximum atomic E-state index is 10.1. The summed E-state index contributed by atoms with van der Waals surface area (Å²) in [7, 11) is 2.98. The standard InChI is InChI=1S/C17H24N4O2/c1-4-5-12-6-8-14(9-7-12)15(10-18)13(20)21-17(22-2,23-3)16(14,15)11-19/h12H,4-9H2,1-3H3,(H2,20,21)/p+1/t12?,14?,15-,16+/m0/s1. The van der Waals surface area contributed by atoms with E-state index in [0.717, 1.165) is 25.7 Å². The van der Waals surface area contributed by atoms with E-state index in [0.29, 0.717) is 11.8 Å². The summed E-state index contributed by atoms with van der Waals surface area (Å²) in [5.41, 5.74) is 3.63. The van der Waals surface area contributed by atoms with Gasteiger partial charge in [0.05, 0.1) is 12.1 Å². The molecule has 0 unspecified atom stereocenters. The summed E-state index contributed by atoms with van der Waals surface area (Å²) in [5.74, 6) is -0.356. The maximum Gasteiger partial charge on any atom is 0.342 e. The second kappa shape index (κ2) is 4.93. The molecule has 2 aliphatic carbocycles. The molecule has 6 nitrogen and oxygen atoms in total. The molecule has 0 aromatic heterocycles. The van der Waals surface area contributed by atoms with E-state index in [1.54, 1.807) is 0 Å². The van der Waals surface area contributed by atoms with Crippen LogP contribution in [-0.2, 0) is 9.47 Å². The van der Waals surface area contributed by atoms with Crippen molar-refractivity contribution in [1.82, 2.24) is 0 Å². The van der Waals surface area contributed by atoms with E-state index < -0.39 is 22.2 Å². The van der Waals surface area contributed by atoms with Gasteiger partial charge in [-0.15, -0.1) is 0 Å². The number of nitrogens with two attached hydrogens (primary N) is 1. The molecule has 0 amide bonds. The van der Waals surface area contributed by atoms with E-state index >= 15 is 0 Å². The molecule has 2 atom stereocenters. The molecule has 2 fully saturated rings. The lowest BCUT2D eigenvalue weighted by Gasteiger charge is -2.35. The topological polar surface area (TPSA) is 106 Å². The van der Waals surface area contributed by atoms with Gasteiger partial charge in [0.25, 0.3) is 5.84 Å². The van der Waals surface area contributed by atoms with Crippen LogP contribution in [0.2, 0.25) is 0 Å². The summed E-state index contributed by atoms with van der Waals surface area (Å²) in [4.78, 5) is 2.96. The molecule has 0 aromatic carbocycles. The molecule has 3 aliphatic rings. The van der Waals surface area contributed by atoms with Crippen LogP contribution >= 0.6 is 0 Å². The molecular formula is C17H25N4O2+. The van der Waals surface area contributed by atoms with Crippen LogP contribution in [0, 0.1) is 44.8 Å². The Bertz CT molecular complexity index is 619. The van der Waals surface area contributed by atoms with Crippen LogP contribution in [0.3, 0.4) is 0 Å². The summed E-state index contributed by atoms with van der Waals surface area (Å²) < 4.78 is 11.2. The van der Waals surface area contributed by atoms with Crippen molar-refractivity contribution in [3.05, 3.63) is 0 Å². The maximum absolute atomic E-state index is 10.1. The van der Waals surface area contributed by atoms with Gasteiger partial charge < -0.3 is 9.47 Å². The summed E-state index contributed by atoms with van der Waals surface area (Å²) in [6.07, 6.45) is 6.05. The lowest BCUT2D eigenvalue weighted by molar-refractivity contribution is -0.690. The molecule has 1 heterocycles. The minimum absolute atomic E-state index is 0.319. The van der Waals surface area contributed by atoms with Gasteiger partial charge >= 0.3 is 5.91 Å². The Morgan fingerprint density at radius 1 is 1.22 bits per heavy atom. The van der Waals surface area contributed by atoms with E-state index in [4.69, 9.17) is 15.2 Å². The molecule has 0 saturated heterocycles. The first-order chi connectivity index (χ1) is 11.0. The van der Waals surface area contributed by atoms with Crippen LogP contribution in [0.15, 0.2) is 0 Å². The third-order valence-electron chi connectivity index (χ3n) is 6.70. The predicted octanol–water partition coefficient (Wildman–Crippen LogP) is 0.395. The van der Waals surface area contributed by atoms with Gasteiger partial charge in [-0.3, -0.25) is 5.73 Å². The van der Waals surface area contributed by atoms with Gasteiger partial charge in [-0.25, -0.2) is 4.99 Å². The molecule has 1 spiro atoms. The number of nitrogens with zero attached hydrogens (tertiary/aromatic N) is 2. The quantitative estimate of drug-likeness (QED) is 0.730. The molecule has 2 saturated carbocycles. The van der Waals surface area contributed by atoms with Gasteiger partial charge in [0.2, 0.25) is 0 Å². The van der Waals surface area contributed by atoms with E-state index in [1.807, 2.05) is 0 Å². The Morgan fingerprint density at radius 3 is 2.26 bits per heavy atom. The van der Waals surface area contributed by atoms with Crippen LogP contribution in [0.4, 0.5) is 0 Å². The average molecular weight is 317 g/mol. The van der Waals surface area contributed by atoms with Crippen LogP contribution in [0.1, 0.15) is 45.4 Å². The number of methoxy groups -OCH3 is 2. The Balaban J connectivity index is 2.07. The van der Waals surface area contributed by atoms with Crippen LogP contribution in [0.25, 0.3) is 0 Å². The molecule has 0 bridgehead atoms. The van der Waals surface area contributed by atoms with Gasteiger partial charge in [0.15, 0.2) is 10.8 Å². The first-order valence-corrected chi connectivity index (χ1v) is 8.35. The third-order valence-corrected chi connectivity index (χ3v) is 6.70. The van der Waals surface area contributed by atoms with Gasteiger partial charge in [-0.1, -0.05) is 19.8 Å². The molecule has 6 heteroatoms. The number of hydrogen-bond acceptors (Lipinski definition) is 5. The van der Waals surface area contributed by atoms with Gasteiger partial charge in [-0.2, -0.15) is 10.5 Å². The molecule has 1 aliphatic heterocycles. The van der Waals surface area contributed by atoms with Gasteiger partial charge in [0, 0.05) is 19.6 Å². The Hall–Kier alpha value is -1.63. The first kappa shape index (κ1) is 16.2. The fourth-order valence-electron chi connectivity index (χ4n) is 5.70. The molecule has 3 rings (SSSR count). The highest BCUT2D eigenvalue weighted by Gasteiger charge is 3.03. The highest BCUT2D eigenvalue weighted by molar-refractivity contribution is 5.95. The molecular weight excluding hydrogens is 292 g/mol. The van der Waals surface area contributed by atoms with Crippen molar-refractivity contribution in [2.75, 3.05) is 14.2 Å². The predicted molar refractivity (Wildman–Crippen MR) is 82.3 cm³/mol. The number of amidine groups is 1. The number of ether oxygens (including phenoxy) is 2. The fraction of sp³-hybridized carbons (Fsp3) is 0.824. The Labute approximate surface area is 137 Å². The van der Waals surface area contributed by atoms with Gasteiger partial charge in [-0.05, 0) is 31.6 Å². The lowest BCUT2D eigenvalue weighted by atomic mass is 9.71. The SMILES string of the molecule is CCCC1CCC2(CC1)[C@@]1(C#N)C(OC)(OC)[NH+]=C(N)[C@@]21C#N. The second-order valence-corrected chi connectivity index (χ2v) is 7.10. The van der Waals surface area contributed by atoms with Crippen molar-refractivity contribution in [3.8, 4) is 12.1 Å². The van der Waals surface area contributed by atoms with Crippen LogP contribution in [0.5, 0.6) is 0 Å². The molecule has 0 aromatic rings. The summed E-state index contributed by atoms with van der Waals surface area (Å²) >= 11 is 0. The van der Waals surface area contributed by atoms with Crippen molar-refractivity contribution in [2.24, 2.45) is 27.9 Å². The number of fused-ring (bicyclic) bond motifs is 3. The van der Waals surface area contributed by atoms with Gasteiger partial charge in [0.1, 0.15) is 0 Å². The van der Waals surface area contributed by atoms with Crippen molar-refractivity contribution in [3.63, 3.8) is 0 Å². The van der Waals surface area contributed by atoms with E-state index in [9.17, 15) is 10.5 Å². The van der Waals surface area contributed by atoms with Crippen molar-refractivity contribution < 1.29 is 14.5 Å². The first-order valence-electron chi connectivity index (χ1n) is 8.35. The fourth-order valence-corrected chi connectivity index (χ4v) is 5.70. The van der Waals surface area contributed by atoms with Crippen molar-refractivity contribution in [1.29, 1.82) is 10.5 Å². The van der Waals surface area contributed by atoms with Crippen LogP contribution < -0.4 is 10.7 Å². The van der Waals surface area contributed by atoms with E-state index in [-0.39, 0.29) is 0 Å². The minimum Gasteiger partial charge on any atom is -0.317 e. The zero-order valence-electron chi connectivity index (χ0n) is 14.1. The molecule has 3 N–H and O–H groups in total. The zero-order valence-corrected chi connectivity index (χ0v) is 14.1. The van der Waals surface area contributed by atoms with Crippen LogP contribution in [-0.4, -0.2) is 26.0 Å². The molecule has 124 valence electrons. The van der Waals surface area contributed by atoms with E-state index in [2.05, 4.69) is 24.1 Å². The number of nitrogens with one attached hydrogen (secondary N) is 1. The summed E-state index contributed by atoms with van der Waals surface area (Å²) in [6.45, 7) is 2.19. The molecule has 23 heavy (non-hydrogen) atoms. The highest BCUT2D eigenvalue weighted by atomic mass is 16.7. The second-order valence-electron chi connectivity index (χ2n) is 7.10. The Kier molecular flexibility index (Phi) is 3.48. The number of nitriles is 2.